The third kappa shape index (κ3) is 6.38. The number of pyridine rings is 1. The number of piperidine rings is 1. The van der Waals surface area contributed by atoms with Crippen LogP contribution in [0.5, 0.6) is 0 Å². The normalized spacial score (nSPS) is 20.6. The molecule has 25 heavy (non-hydrogen) atoms. The summed E-state index contributed by atoms with van der Waals surface area (Å²) in [4.78, 5) is 11.2. The third-order valence-electron chi connectivity index (χ3n) is 4.79. The fourth-order valence-corrected chi connectivity index (χ4v) is 3.23. The first-order chi connectivity index (χ1) is 11.8. The summed E-state index contributed by atoms with van der Waals surface area (Å²) < 4.78 is 0. The lowest BCUT2D eigenvalue weighted by molar-refractivity contribution is 0.186. The van der Waals surface area contributed by atoms with Gasteiger partial charge in [-0.05, 0) is 50.3 Å². The van der Waals surface area contributed by atoms with Crippen LogP contribution < -0.4 is 10.6 Å². The molecule has 1 saturated heterocycles. The molecular formula is C18H30IN5O. The van der Waals surface area contributed by atoms with Gasteiger partial charge in [-0.25, -0.2) is 0 Å². The van der Waals surface area contributed by atoms with E-state index in [1.54, 1.807) is 12.4 Å². The van der Waals surface area contributed by atoms with Crippen molar-refractivity contribution < 1.29 is 5.11 Å². The maximum absolute atomic E-state index is 10.2. The number of nitrogens with one attached hydrogen (secondary N) is 2. The summed E-state index contributed by atoms with van der Waals surface area (Å²) in [5.41, 5.74) is 0.849. The second-order valence-corrected chi connectivity index (χ2v) is 6.70. The van der Waals surface area contributed by atoms with Gasteiger partial charge in [0, 0.05) is 44.1 Å². The number of aliphatic imine (C=N–C) groups is 1. The Hall–Kier alpha value is -0.930. The molecule has 0 aromatic carbocycles. The zero-order valence-corrected chi connectivity index (χ0v) is 17.2. The van der Waals surface area contributed by atoms with Gasteiger partial charge in [0.25, 0.3) is 0 Å². The molecule has 0 radical (unpaired) electrons. The summed E-state index contributed by atoms with van der Waals surface area (Å²) in [5, 5.41) is 17.1. The number of nitrogens with zero attached hydrogens (tertiary/aromatic N) is 3. The van der Waals surface area contributed by atoms with Gasteiger partial charge in [-0.15, -0.1) is 24.0 Å². The Bertz CT molecular complexity index is 530. The van der Waals surface area contributed by atoms with Gasteiger partial charge in [-0.3, -0.25) is 9.98 Å². The highest BCUT2D eigenvalue weighted by Gasteiger charge is 2.31. The summed E-state index contributed by atoms with van der Waals surface area (Å²) in [5.74, 6) is 0.801. The van der Waals surface area contributed by atoms with Crippen LogP contribution in [0.3, 0.4) is 0 Å². The fourth-order valence-electron chi connectivity index (χ4n) is 3.23. The zero-order chi connectivity index (χ0) is 16.8. The number of hydrogen-bond donors (Lipinski definition) is 3. The number of halogens is 1. The maximum Gasteiger partial charge on any atom is 0.191 e. The van der Waals surface area contributed by atoms with Crippen LogP contribution >= 0.6 is 24.0 Å². The highest BCUT2D eigenvalue weighted by Crippen LogP contribution is 2.29. The lowest BCUT2D eigenvalue weighted by Gasteiger charge is -2.33. The second kappa shape index (κ2) is 10.3. The van der Waals surface area contributed by atoms with Crippen LogP contribution in [0, 0.1) is 0 Å². The SMILES string of the molecule is CCNC(=NCC(O)c1ccncc1)NC1CCN(C2CC2)CC1.I. The van der Waals surface area contributed by atoms with E-state index >= 15 is 0 Å². The lowest BCUT2D eigenvalue weighted by Crippen LogP contribution is -2.49. The van der Waals surface area contributed by atoms with E-state index in [1.807, 2.05) is 12.1 Å². The zero-order valence-electron chi connectivity index (χ0n) is 14.9. The van der Waals surface area contributed by atoms with Crippen molar-refractivity contribution in [3.63, 3.8) is 0 Å². The monoisotopic (exact) mass is 459 g/mol. The van der Waals surface area contributed by atoms with Crippen LogP contribution in [-0.4, -0.2) is 59.2 Å². The van der Waals surface area contributed by atoms with Crippen LogP contribution in [0.2, 0.25) is 0 Å². The molecule has 6 nitrogen and oxygen atoms in total. The van der Waals surface area contributed by atoms with E-state index in [0.717, 1.165) is 37.0 Å². The van der Waals surface area contributed by atoms with Crippen LogP contribution in [0.4, 0.5) is 0 Å². The Balaban J connectivity index is 0.00000225. The van der Waals surface area contributed by atoms with E-state index < -0.39 is 6.10 Å². The van der Waals surface area contributed by atoms with Gasteiger partial charge in [0.15, 0.2) is 5.96 Å². The number of hydrogen-bond acceptors (Lipinski definition) is 4. The average molecular weight is 459 g/mol. The van der Waals surface area contributed by atoms with E-state index in [4.69, 9.17) is 0 Å². The van der Waals surface area contributed by atoms with E-state index in [9.17, 15) is 5.11 Å². The van der Waals surface area contributed by atoms with E-state index in [2.05, 4.69) is 32.4 Å². The summed E-state index contributed by atoms with van der Waals surface area (Å²) in [7, 11) is 0. The van der Waals surface area contributed by atoms with Crippen molar-refractivity contribution >= 4 is 29.9 Å². The number of aliphatic hydroxyl groups excluding tert-OH is 1. The van der Waals surface area contributed by atoms with Gasteiger partial charge in [0.05, 0.1) is 12.6 Å². The Morgan fingerprint density at radius 3 is 2.56 bits per heavy atom. The van der Waals surface area contributed by atoms with Crippen molar-refractivity contribution in [3.8, 4) is 0 Å². The lowest BCUT2D eigenvalue weighted by atomic mass is 10.1. The van der Waals surface area contributed by atoms with Crippen molar-refractivity contribution in [1.29, 1.82) is 0 Å². The standard InChI is InChI=1S/C18H29N5O.HI/c1-2-20-18(21-13-17(24)14-5-9-19-10-6-14)22-15-7-11-23(12-8-15)16-3-4-16;/h5-6,9-10,15-17,24H,2-4,7-8,11-13H2,1H3,(H2,20,21,22);1H. The highest BCUT2D eigenvalue weighted by molar-refractivity contribution is 14.0. The van der Waals surface area contributed by atoms with Crippen molar-refractivity contribution in [2.24, 2.45) is 4.99 Å². The molecule has 2 aliphatic rings. The number of rotatable bonds is 6. The van der Waals surface area contributed by atoms with Crippen molar-refractivity contribution in [1.82, 2.24) is 20.5 Å². The average Bonchev–Trinajstić information content (AvgIpc) is 3.46. The Labute approximate surface area is 167 Å². The molecule has 1 aromatic rings. The van der Waals surface area contributed by atoms with E-state index in [0.29, 0.717) is 12.6 Å². The molecule has 2 fully saturated rings. The van der Waals surface area contributed by atoms with Crippen LogP contribution in [0.1, 0.15) is 44.3 Å². The molecule has 140 valence electrons. The van der Waals surface area contributed by atoms with Gasteiger partial charge in [0.2, 0.25) is 0 Å². The predicted molar refractivity (Wildman–Crippen MR) is 111 cm³/mol. The van der Waals surface area contributed by atoms with Gasteiger partial charge < -0.3 is 20.6 Å². The fraction of sp³-hybridized carbons (Fsp3) is 0.667. The summed E-state index contributed by atoms with van der Waals surface area (Å²) in [6, 6.07) is 4.99. The number of aromatic nitrogens is 1. The molecule has 0 bridgehead atoms. The molecule has 0 amide bonds. The number of aliphatic hydroxyl groups is 1. The molecule has 0 spiro atoms. The molecule has 7 heteroatoms. The predicted octanol–water partition coefficient (Wildman–Crippen LogP) is 1.91. The molecule has 3 N–H and O–H groups in total. The highest BCUT2D eigenvalue weighted by atomic mass is 127. The summed E-state index contributed by atoms with van der Waals surface area (Å²) >= 11 is 0. The van der Waals surface area contributed by atoms with Gasteiger partial charge in [-0.1, -0.05) is 0 Å². The van der Waals surface area contributed by atoms with Gasteiger partial charge in [0.1, 0.15) is 0 Å². The largest absolute Gasteiger partial charge is 0.386 e. The third-order valence-corrected chi connectivity index (χ3v) is 4.79. The smallest absolute Gasteiger partial charge is 0.191 e. The molecule has 1 atom stereocenters. The maximum atomic E-state index is 10.2. The van der Waals surface area contributed by atoms with Gasteiger partial charge in [-0.2, -0.15) is 0 Å². The van der Waals surface area contributed by atoms with Crippen LogP contribution in [0.15, 0.2) is 29.5 Å². The van der Waals surface area contributed by atoms with Crippen molar-refractivity contribution in [3.05, 3.63) is 30.1 Å². The number of likely N-dealkylation sites (tertiary alicyclic amines) is 1. The van der Waals surface area contributed by atoms with E-state index in [-0.39, 0.29) is 24.0 Å². The minimum Gasteiger partial charge on any atom is -0.386 e. The van der Waals surface area contributed by atoms with Crippen LogP contribution in [-0.2, 0) is 0 Å². The Morgan fingerprint density at radius 2 is 1.96 bits per heavy atom. The number of guanidine groups is 1. The molecular weight excluding hydrogens is 429 g/mol. The van der Waals surface area contributed by atoms with Crippen LogP contribution in [0.25, 0.3) is 0 Å². The summed E-state index contributed by atoms with van der Waals surface area (Å²) in [6.45, 7) is 5.59. The first-order valence-corrected chi connectivity index (χ1v) is 9.13. The second-order valence-electron chi connectivity index (χ2n) is 6.70. The summed E-state index contributed by atoms with van der Waals surface area (Å²) in [6.07, 6.45) is 7.88. The Morgan fingerprint density at radius 1 is 1.28 bits per heavy atom. The topological polar surface area (TPSA) is 72.8 Å². The minimum atomic E-state index is -0.597. The quantitative estimate of drug-likeness (QED) is 0.345. The molecule has 3 rings (SSSR count). The molecule has 1 aliphatic carbocycles. The van der Waals surface area contributed by atoms with Crippen molar-refractivity contribution in [2.75, 3.05) is 26.2 Å². The first-order valence-electron chi connectivity index (χ1n) is 9.13. The molecule has 1 aromatic heterocycles. The van der Waals surface area contributed by atoms with Crippen molar-refractivity contribution in [2.45, 2.75) is 50.8 Å². The molecule has 1 aliphatic heterocycles. The molecule has 1 saturated carbocycles. The first kappa shape index (κ1) is 20.4. The van der Waals surface area contributed by atoms with Gasteiger partial charge >= 0.3 is 0 Å². The Kier molecular flexibility index (Phi) is 8.38. The van der Waals surface area contributed by atoms with E-state index in [1.165, 1.54) is 25.9 Å². The minimum absolute atomic E-state index is 0. The molecule has 1 unspecified atom stereocenters. The molecule has 2 heterocycles.